The third-order valence-corrected chi connectivity index (χ3v) is 6.28. The SMILES string of the molecule is CO[C@H]1CC[C@@](C)(C(C)=O)C(=O)N1S(=O)(=O)c1ccc(Cl)cc1. The number of nitrogens with zero attached hydrogens (tertiary/aromatic N) is 1. The van der Waals surface area contributed by atoms with Gasteiger partial charge in [0.25, 0.3) is 15.9 Å². The van der Waals surface area contributed by atoms with Crippen LogP contribution in [0.2, 0.25) is 5.02 Å². The topological polar surface area (TPSA) is 80.8 Å². The molecule has 0 unspecified atom stereocenters. The van der Waals surface area contributed by atoms with Crippen LogP contribution in [-0.4, -0.2) is 37.8 Å². The number of ketones is 1. The van der Waals surface area contributed by atoms with E-state index in [9.17, 15) is 18.0 Å². The summed E-state index contributed by atoms with van der Waals surface area (Å²) >= 11 is 5.77. The average Bonchev–Trinajstić information content (AvgIpc) is 2.49. The molecule has 1 aromatic carbocycles. The van der Waals surface area contributed by atoms with E-state index in [2.05, 4.69) is 0 Å². The van der Waals surface area contributed by atoms with E-state index in [4.69, 9.17) is 16.3 Å². The van der Waals surface area contributed by atoms with E-state index in [1.165, 1.54) is 45.2 Å². The Balaban J connectivity index is 2.53. The van der Waals surface area contributed by atoms with E-state index in [1.54, 1.807) is 0 Å². The van der Waals surface area contributed by atoms with Crippen LogP contribution in [0.15, 0.2) is 29.2 Å². The monoisotopic (exact) mass is 359 g/mol. The molecule has 0 N–H and O–H groups in total. The summed E-state index contributed by atoms with van der Waals surface area (Å²) in [5.74, 6) is -1.13. The Labute approximate surface area is 140 Å². The third kappa shape index (κ3) is 3.00. The first-order chi connectivity index (χ1) is 10.6. The highest BCUT2D eigenvalue weighted by molar-refractivity contribution is 7.89. The fourth-order valence-electron chi connectivity index (χ4n) is 2.53. The van der Waals surface area contributed by atoms with Crippen molar-refractivity contribution in [2.24, 2.45) is 5.41 Å². The summed E-state index contributed by atoms with van der Waals surface area (Å²) in [6, 6.07) is 5.48. The number of carbonyl (C=O) groups excluding carboxylic acids is 2. The number of hydrogen-bond acceptors (Lipinski definition) is 5. The number of amides is 1. The lowest BCUT2D eigenvalue weighted by Gasteiger charge is -2.41. The number of carbonyl (C=O) groups is 2. The van der Waals surface area contributed by atoms with E-state index in [0.717, 1.165) is 0 Å². The Morgan fingerprint density at radius 2 is 1.91 bits per heavy atom. The second-order valence-electron chi connectivity index (χ2n) is 5.68. The highest BCUT2D eigenvalue weighted by Crippen LogP contribution is 2.38. The van der Waals surface area contributed by atoms with Crippen LogP contribution in [0.25, 0.3) is 0 Å². The van der Waals surface area contributed by atoms with E-state index < -0.39 is 27.6 Å². The molecule has 0 saturated carbocycles. The smallest absolute Gasteiger partial charge is 0.268 e. The van der Waals surface area contributed by atoms with Crippen molar-refractivity contribution in [1.29, 1.82) is 0 Å². The predicted molar refractivity (Wildman–Crippen MR) is 84.3 cm³/mol. The molecule has 1 heterocycles. The van der Waals surface area contributed by atoms with Crippen molar-refractivity contribution in [3.8, 4) is 0 Å². The van der Waals surface area contributed by atoms with Crippen LogP contribution in [-0.2, 0) is 24.3 Å². The Morgan fingerprint density at radius 1 is 1.35 bits per heavy atom. The average molecular weight is 360 g/mol. The molecule has 2 rings (SSSR count). The number of halogens is 1. The zero-order valence-corrected chi connectivity index (χ0v) is 14.6. The molecule has 1 aliphatic heterocycles. The fraction of sp³-hybridized carbons (Fsp3) is 0.467. The highest BCUT2D eigenvalue weighted by atomic mass is 35.5. The number of benzene rings is 1. The van der Waals surface area contributed by atoms with Crippen molar-refractivity contribution >= 4 is 33.3 Å². The maximum atomic E-state index is 12.9. The van der Waals surface area contributed by atoms with Gasteiger partial charge in [-0.15, -0.1) is 0 Å². The Bertz CT molecular complexity index is 731. The summed E-state index contributed by atoms with van der Waals surface area (Å²) in [7, 11) is -2.81. The molecule has 126 valence electrons. The van der Waals surface area contributed by atoms with Crippen molar-refractivity contribution in [3.05, 3.63) is 29.3 Å². The van der Waals surface area contributed by atoms with Crippen LogP contribution in [0.3, 0.4) is 0 Å². The van der Waals surface area contributed by atoms with Gasteiger partial charge in [-0.25, -0.2) is 12.7 Å². The molecular formula is C15H18ClNO5S. The number of sulfonamides is 1. The van der Waals surface area contributed by atoms with Gasteiger partial charge in [-0.3, -0.25) is 9.59 Å². The molecule has 6 nitrogen and oxygen atoms in total. The van der Waals surface area contributed by atoms with E-state index >= 15 is 0 Å². The van der Waals surface area contributed by atoms with Crippen LogP contribution < -0.4 is 0 Å². The summed E-state index contributed by atoms with van der Waals surface area (Å²) in [6.07, 6.45) is -0.437. The molecule has 1 amide bonds. The number of rotatable bonds is 4. The molecule has 1 saturated heterocycles. The van der Waals surface area contributed by atoms with E-state index in [0.29, 0.717) is 9.33 Å². The summed E-state index contributed by atoms with van der Waals surface area (Å²) in [5, 5.41) is 0.380. The summed E-state index contributed by atoms with van der Waals surface area (Å²) in [5.41, 5.74) is -1.37. The molecule has 0 radical (unpaired) electrons. The summed E-state index contributed by atoms with van der Waals surface area (Å²) in [4.78, 5) is 24.6. The Kier molecular flexibility index (Phi) is 4.84. The van der Waals surface area contributed by atoms with E-state index in [-0.39, 0.29) is 23.5 Å². The minimum absolute atomic E-state index is 0.0786. The molecule has 0 aromatic heterocycles. The van der Waals surface area contributed by atoms with Crippen molar-refractivity contribution in [1.82, 2.24) is 4.31 Å². The normalized spacial score (nSPS) is 25.5. The summed E-state index contributed by atoms with van der Waals surface area (Å²) in [6.45, 7) is 2.76. The molecule has 0 bridgehead atoms. The molecule has 8 heteroatoms. The van der Waals surface area contributed by atoms with Crippen molar-refractivity contribution in [3.63, 3.8) is 0 Å². The van der Waals surface area contributed by atoms with Crippen LogP contribution in [0.4, 0.5) is 0 Å². The largest absolute Gasteiger partial charge is 0.360 e. The third-order valence-electron chi connectivity index (χ3n) is 4.24. The molecule has 2 atom stereocenters. The molecule has 1 aliphatic rings. The number of hydrogen-bond donors (Lipinski definition) is 0. The van der Waals surface area contributed by atoms with Crippen LogP contribution in [0.1, 0.15) is 26.7 Å². The van der Waals surface area contributed by atoms with Crippen molar-refractivity contribution in [2.45, 2.75) is 37.8 Å². The lowest BCUT2D eigenvalue weighted by atomic mass is 9.78. The zero-order chi connectivity index (χ0) is 17.4. The van der Waals surface area contributed by atoms with Gasteiger partial charge in [0, 0.05) is 12.1 Å². The lowest BCUT2D eigenvalue weighted by molar-refractivity contribution is -0.157. The molecule has 23 heavy (non-hydrogen) atoms. The first-order valence-electron chi connectivity index (χ1n) is 7.03. The van der Waals surface area contributed by atoms with Gasteiger partial charge in [-0.05, 0) is 51.0 Å². The van der Waals surface area contributed by atoms with Crippen LogP contribution in [0, 0.1) is 5.41 Å². The number of piperidine rings is 1. The molecule has 0 spiro atoms. The predicted octanol–water partition coefficient (Wildman–Crippen LogP) is 2.22. The van der Waals surface area contributed by atoms with E-state index in [1.807, 2.05) is 0 Å². The van der Waals surface area contributed by atoms with Gasteiger partial charge < -0.3 is 4.74 Å². The van der Waals surface area contributed by atoms with Gasteiger partial charge in [0.15, 0.2) is 0 Å². The van der Waals surface area contributed by atoms with Crippen molar-refractivity contribution < 1.29 is 22.7 Å². The van der Waals surface area contributed by atoms with Gasteiger partial charge >= 0.3 is 0 Å². The minimum Gasteiger partial charge on any atom is -0.360 e. The molecule has 1 aromatic rings. The summed E-state index contributed by atoms with van der Waals surface area (Å²) < 4.78 is 31.6. The second kappa shape index (κ2) is 6.22. The van der Waals surface area contributed by atoms with Crippen molar-refractivity contribution in [2.75, 3.05) is 7.11 Å². The van der Waals surface area contributed by atoms with Gasteiger partial charge in [-0.2, -0.15) is 0 Å². The van der Waals surface area contributed by atoms with Crippen LogP contribution in [0.5, 0.6) is 0 Å². The zero-order valence-electron chi connectivity index (χ0n) is 13.1. The number of ether oxygens (including phenoxy) is 1. The maximum Gasteiger partial charge on any atom is 0.268 e. The van der Waals surface area contributed by atoms with Gasteiger partial charge in [0.05, 0.1) is 4.90 Å². The highest BCUT2D eigenvalue weighted by Gasteiger charge is 2.51. The van der Waals surface area contributed by atoms with Gasteiger partial charge in [0.1, 0.15) is 17.4 Å². The standard InChI is InChI=1S/C15H18ClNO5S/c1-10(18)15(2)9-8-13(22-3)17(14(15)19)23(20,21)12-6-4-11(16)5-7-12/h4-7,13H,8-9H2,1-3H3/t13-,15-/m0/s1. The van der Waals surface area contributed by atoms with Crippen LogP contribution >= 0.6 is 11.6 Å². The first kappa shape index (κ1) is 17.9. The lowest BCUT2D eigenvalue weighted by Crippen LogP contribution is -2.57. The number of methoxy groups -OCH3 is 1. The van der Waals surface area contributed by atoms with Gasteiger partial charge in [0.2, 0.25) is 0 Å². The Morgan fingerprint density at radius 3 is 2.39 bits per heavy atom. The fourth-order valence-corrected chi connectivity index (χ4v) is 4.29. The second-order valence-corrected chi connectivity index (χ2v) is 7.93. The van der Waals surface area contributed by atoms with Gasteiger partial charge in [-0.1, -0.05) is 11.6 Å². The quantitative estimate of drug-likeness (QED) is 0.770. The Hall–Kier alpha value is -1.44. The minimum atomic E-state index is -4.15. The molecule has 0 aliphatic carbocycles. The maximum absolute atomic E-state index is 12.9. The number of Topliss-reactive ketones (excluding diaryl/α,β-unsaturated/α-hetero) is 1. The first-order valence-corrected chi connectivity index (χ1v) is 8.84. The molecular weight excluding hydrogens is 342 g/mol. The molecule has 1 fully saturated rings.